The minimum Gasteiger partial charge on any atom is -0.0837 e. The lowest BCUT2D eigenvalue weighted by Crippen LogP contribution is -1.83. The number of halogens is 1. The van der Waals surface area contributed by atoms with E-state index in [1.807, 2.05) is 43.3 Å². The highest BCUT2D eigenvalue weighted by Gasteiger charge is 2.03. The highest BCUT2D eigenvalue weighted by atomic mass is 35.5. The molecule has 0 aromatic heterocycles. The van der Waals surface area contributed by atoms with Gasteiger partial charge in [-0.25, -0.2) is 0 Å². The van der Waals surface area contributed by atoms with E-state index in [9.17, 15) is 0 Å². The Labute approximate surface area is 89.2 Å². The fourth-order valence-electron chi connectivity index (χ4n) is 1.49. The average Bonchev–Trinajstić information content (AvgIpc) is 2.20. The number of benzene rings is 2. The van der Waals surface area contributed by atoms with E-state index in [0.29, 0.717) is 0 Å². The summed E-state index contributed by atoms with van der Waals surface area (Å²) in [5.74, 6) is 0. The van der Waals surface area contributed by atoms with Crippen LogP contribution in [0.5, 0.6) is 0 Å². The molecular formula is C13H10Cl. The van der Waals surface area contributed by atoms with Gasteiger partial charge in [-0.1, -0.05) is 48.0 Å². The summed E-state index contributed by atoms with van der Waals surface area (Å²) in [5.41, 5.74) is 3.35. The Hall–Kier alpha value is -1.27. The van der Waals surface area contributed by atoms with E-state index in [1.54, 1.807) is 0 Å². The van der Waals surface area contributed by atoms with E-state index >= 15 is 0 Å². The van der Waals surface area contributed by atoms with Gasteiger partial charge in [0.1, 0.15) is 0 Å². The van der Waals surface area contributed by atoms with Crippen molar-refractivity contribution in [1.29, 1.82) is 0 Å². The lowest BCUT2D eigenvalue weighted by atomic mass is 10.0. The smallest absolute Gasteiger partial charge is 0.0484 e. The van der Waals surface area contributed by atoms with Crippen LogP contribution in [-0.4, -0.2) is 0 Å². The molecule has 0 aliphatic rings. The summed E-state index contributed by atoms with van der Waals surface area (Å²) in [5, 5.41) is 0.787. The van der Waals surface area contributed by atoms with E-state index < -0.39 is 0 Å². The summed E-state index contributed by atoms with van der Waals surface area (Å²) in [4.78, 5) is 0. The summed E-state index contributed by atoms with van der Waals surface area (Å²) in [7, 11) is 0. The Morgan fingerprint density at radius 1 is 1.00 bits per heavy atom. The van der Waals surface area contributed by atoms with Crippen LogP contribution in [0.3, 0.4) is 0 Å². The van der Waals surface area contributed by atoms with E-state index in [2.05, 4.69) is 12.1 Å². The van der Waals surface area contributed by atoms with Crippen LogP contribution in [0.15, 0.2) is 42.5 Å². The average molecular weight is 202 g/mol. The number of aryl methyl sites for hydroxylation is 1. The van der Waals surface area contributed by atoms with Crippen molar-refractivity contribution in [3.63, 3.8) is 0 Å². The molecule has 0 aliphatic heterocycles. The Morgan fingerprint density at radius 3 is 2.43 bits per heavy atom. The molecule has 1 heteroatoms. The van der Waals surface area contributed by atoms with Gasteiger partial charge in [0.2, 0.25) is 0 Å². The van der Waals surface area contributed by atoms with Crippen LogP contribution >= 0.6 is 11.6 Å². The van der Waals surface area contributed by atoms with Gasteiger partial charge in [0, 0.05) is 10.6 Å². The second-order valence-electron chi connectivity index (χ2n) is 3.19. The first-order chi connectivity index (χ1) is 6.79. The van der Waals surface area contributed by atoms with Crippen LogP contribution in [0.2, 0.25) is 5.02 Å². The van der Waals surface area contributed by atoms with Crippen molar-refractivity contribution < 1.29 is 0 Å². The molecule has 0 unspecified atom stereocenters. The van der Waals surface area contributed by atoms with Gasteiger partial charge < -0.3 is 0 Å². The standard InChI is InChI=1S/C13H10Cl/c1-10-6-2-3-7-11(10)12-8-4-5-9-13(12)14/h2-5,7-9H,1H3. The third kappa shape index (κ3) is 1.66. The molecule has 1 radical (unpaired) electrons. The third-order valence-electron chi connectivity index (χ3n) is 2.23. The van der Waals surface area contributed by atoms with Crippen LogP contribution in [-0.2, 0) is 0 Å². The molecule has 0 N–H and O–H groups in total. The maximum absolute atomic E-state index is 6.12. The monoisotopic (exact) mass is 201 g/mol. The quantitative estimate of drug-likeness (QED) is 0.651. The third-order valence-corrected chi connectivity index (χ3v) is 2.56. The highest BCUT2D eigenvalue weighted by Crippen LogP contribution is 2.29. The van der Waals surface area contributed by atoms with Gasteiger partial charge in [-0.15, -0.1) is 0 Å². The summed E-state index contributed by atoms with van der Waals surface area (Å²) in [6.45, 7) is 2.04. The normalized spacial score (nSPS) is 10.1. The van der Waals surface area contributed by atoms with Gasteiger partial charge in [0.25, 0.3) is 0 Å². The number of hydrogen-bond donors (Lipinski definition) is 0. The largest absolute Gasteiger partial charge is 0.0837 e. The van der Waals surface area contributed by atoms with Crippen LogP contribution in [0.4, 0.5) is 0 Å². The summed E-state index contributed by atoms with van der Waals surface area (Å²) in [6, 6.07) is 17.0. The maximum atomic E-state index is 6.12. The van der Waals surface area contributed by atoms with Crippen molar-refractivity contribution >= 4 is 11.6 Å². The summed E-state index contributed by atoms with van der Waals surface area (Å²) >= 11 is 6.12. The maximum Gasteiger partial charge on any atom is 0.0484 e. The fourth-order valence-corrected chi connectivity index (χ4v) is 1.73. The van der Waals surface area contributed by atoms with Crippen molar-refractivity contribution in [1.82, 2.24) is 0 Å². The molecule has 2 aromatic rings. The molecule has 0 bridgehead atoms. The molecule has 2 aromatic carbocycles. The molecule has 0 fully saturated rings. The van der Waals surface area contributed by atoms with Crippen LogP contribution in [0.25, 0.3) is 11.1 Å². The molecule has 0 nitrogen and oxygen atoms in total. The van der Waals surface area contributed by atoms with Gasteiger partial charge in [-0.2, -0.15) is 0 Å². The summed E-state index contributed by atoms with van der Waals surface area (Å²) < 4.78 is 0. The van der Waals surface area contributed by atoms with Gasteiger partial charge in [0.05, 0.1) is 0 Å². The van der Waals surface area contributed by atoms with E-state index in [4.69, 9.17) is 11.6 Å². The molecule has 2 rings (SSSR count). The van der Waals surface area contributed by atoms with Crippen molar-refractivity contribution in [3.8, 4) is 11.1 Å². The SMILES string of the molecule is Cc1[c]cccc1-c1ccccc1Cl. The Morgan fingerprint density at radius 2 is 1.71 bits per heavy atom. The van der Waals surface area contributed by atoms with Crippen molar-refractivity contribution in [2.45, 2.75) is 6.92 Å². The van der Waals surface area contributed by atoms with E-state index in [1.165, 1.54) is 0 Å². The Kier molecular flexibility index (Phi) is 2.55. The second kappa shape index (κ2) is 3.85. The zero-order valence-electron chi connectivity index (χ0n) is 7.92. The molecule has 69 valence electrons. The number of hydrogen-bond acceptors (Lipinski definition) is 0. The zero-order chi connectivity index (χ0) is 9.97. The van der Waals surface area contributed by atoms with Gasteiger partial charge in [-0.05, 0) is 30.2 Å². The molecule has 0 heterocycles. The zero-order valence-corrected chi connectivity index (χ0v) is 8.68. The molecule has 0 aliphatic carbocycles. The Bertz CT molecular complexity index is 403. The van der Waals surface area contributed by atoms with Gasteiger partial charge >= 0.3 is 0 Å². The lowest BCUT2D eigenvalue weighted by molar-refractivity contribution is 1.45. The minimum absolute atomic E-state index is 0.787. The second-order valence-corrected chi connectivity index (χ2v) is 3.60. The molecule has 0 amide bonds. The van der Waals surface area contributed by atoms with Crippen molar-refractivity contribution in [2.75, 3.05) is 0 Å². The molecule has 0 spiro atoms. The first-order valence-electron chi connectivity index (χ1n) is 4.51. The van der Waals surface area contributed by atoms with Gasteiger partial charge in [-0.3, -0.25) is 0 Å². The van der Waals surface area contributed by atoms with Gasteiger partial charge in [0.15, 0.2) is 0 Å². The topological polar surface area (TPSA) is 0 Å². The van der Waals surface area contributed by atoms with Crippen LogP contribution in [0, 0.1) is 13.0 Å². The van der Waals surface area contributed by atoms with Crippen LogP contribution in [0.1, 0.15) is 5.56 Å². The lowest BCUT2D eigenvalue weighted by Gasteiger charge is -2.06. The minimum atomic E-state index is 0.787. The Balaban J connectivity index is 2.61. The predicted octanol–water partition coefficient (Wildman–Crippen LogP) is 4.12. The van der Waals surface area contributed by atoms with Crippen LogP contribution < -0.4 is 0 Å². The molecule has 0 saturated heterocycles. The molecule has 14 heavy (non-hydrogen) atoms. The molecule has 0 saturated carbocycles. The highest BCUT2D eigenvalue weighted by molar-refractivity contribution is 6.33. The first kappa shape index (κ1) is 9.29. The summed E-state index contributed by atoms with van der Waals surface area (Å²) in [6.07, 6.45) is 0. The molecular weight excluding hydrogens is 192 g/mol. The molecule has 0 atom stereocenters. The first-order valence-corrected chi connectivity index (χ1v) is 4.89. The number of rotatable bonds is 1. The van der Waals surface area contributed by atoms with E-state index in [-0.39, 0.29) is 0 Å². The van der Waals surface area contributed by atoms with Crippen molar-refractivity contribution in [2.24, 2.45) is 0 Å². The van der Waals surface area contributed by atoms with E-state index in [0.717, 1.165) is 21.7 Å². The predicted molar refractivity (Wildman–Crippen MR) is 60.5 cm³/mol. The fraction of sp³-hybridized carbons (Fsp3) is 0.0769. The van der Waals surface area contributed by atoms with Crippen molar-refractivity contribution in [3.05, 3.63) is 59.1 Å².